The molecule has 1 N–H and O–H groups in total. The van der Waals surface area contributed by atoms with Crippen LogP contribution in [0.5, 0.6) is 0 Å². The second-order valence-electron chi connectivity index (χ2n) is 3.18. The molecule has 8 heteroatoms. The molecule has 0 saturated heterocycles. The summed E-state index contributed by atoms with van der Waals surface area (Å²) in [6, 6.07) is 1.53. The van der Waals surface area contributed by atoms with E-state index in [0.29, 0.717) is 9.86 Å². The highest BCUT2D eigenvalue weighted by molar-refractivity contribution is 9.10. The number of aromatic nitrogens is 3. The molecule has 0 saturated carbocycles. The first-order chi connectivity index (χ1) is 7.38. The van der Waals surface area contributed by atoms with Crippen molar-refractivity contribution in [1.29, 1.82) is 0 Å². The molecule has 2 aromatic rings. The van der Waals surface area contributed by atoms with E-state index in [1.54, 1.807) is 0 Å². The maximum Gasteiger partial charge on any atom is 0.263 e. The largest absolute Gasteiger partial charge is 0.305 e. The first-order valence-corrected chi connectivity index (χ1v) is 6.82. The highest BCUT2D eigenvalue weighted by Crippen LogP contribution is 2.12. The minimum absolute atomic E-state index is 0.198. The molecule has 0 spiro atoms. The maximum atomic E-state index is 11.3. The summed E-state index contributed by atoms with van der Waals surface area (Å²) < 4.78 is 22.7. The third-order valence-corrected chi connectivity index (χ3v) is 3.31. The monoisotopic (exact) mass is 303 g/mol. The van der Waals surface area contributed by atoms with Gasteiger partial charge in [0.1, 0.15) is 5.65 Å². The Balaban J connectivity index is 2.82. The Kier molecular flexibility index (Phi) is 2.55. The van der Waals surface area contributed by atoms with Crippen molar-refractivity contribution in [2.45, 2.75) is 5.16 Å². The van der Waals surface area contributed by atoms with Crippen LogP contribution in [0.25, 0.3) is 11.0 Å². The number of nitrogens with one attached hydrogen (secondary N) is 1. The standard InChI is InChI=1S/C8H6BrN3O3S/c1-16(14,15)8-10-3-4-2-5(9)7(13)11-6(4)12-8/h2-3H,1H3,(H,10,11,12,13). The van der Waals surface area contributed by atoms with Gasteiger partial charge in [-0.2, -0.15) is 0 Å². The predicted molar refractivity (Wildman–Crippen MR) is 61.0 cm³/mol. The lowest BCUT2D eigenvalue weighted by atomic mass is 10.3. The molecule has 0 unspecified atom stereocenters. The first-order valence-electron chi connectivity index (χ1n) is 4.13. The summed E-state index contributed by atoms with van der Waals surface area (Å²) in [5.74, 6) is 0. The predicted octanol–water partition coefficient (Wildman–Crippen LogP) is 0.484. The quantitative estimate of drug-likeness (QED) is 0.774. The molecule has 16 heavy (non-hydrogen) atoms. The van der Waals surface area contributed by atoms with Crippen LogP contribution in [0, 0.1) is 0 Å². The molecular formula is C8H6BrN3O3S. The Morgan fingerprint density at radius 1 is 1.44 bits per heavy atom. The number of fused-ring (bicyclic) bond motifs is 1. The average Bonchev–Trinajstić information content (AvgIpc) is 2.17. The van der Waals surface area contributed by atoms with Gasteiger partial charge in [0.15, 0.2) is 0 Å². The molecular weight excluding hydrogens is 298 g/mol. The number of hydrogen-bond donors (Lipinski definition) is 1. The van der Waals surface area contributed by atoms with E-state index in [9.17, 15) is 13.2 Å². The van der Waals surface area contributed by atoms with Crippen LogP contribution in [-0.4, -0.2) is 29.6 Å². The summed E-state index contributed by atoms with van der Waals surface area (Å²) >= 11 is 3.06. The number of sulfone groups is 1. The van der Waals surface area contributed by atoms with Crippen molar-refractivity contribution in [2.75, 3.05) is 6.26 Å². The van der Waals surface area contributed by atoms with E-state index in [1.807, 2.05) is 0 Å². The highest BCUT2D eigenvalue weighted by Gasteiger charge is 2.12. The number of nitrogens with zero attached hydrogens (tertiary/aromatic N) is 2. The average molecular weight is 304 g/mol. The minimum Gasteiger partial charge on any atom is -0.305 e. The van der Waals surface area contributed by atoms with Gasteiger partial charge in [0, 0.05) is 17.8 Å². The molecule has 2 heterocycles. The van der Waals surface area contributed by atoms with Crippen molar-refractivity contribution >= 4 is 36.8 Å². The summed E-state index contributed by atoms with van der Waals surface area (Å²) in [4.78, 5) is 21.2. The van der Waals surface area contributed by atoms with Gasteiger partial charge < -0.3 is 4.98 Å². The lowest BCUT2D eigenvalue weighted by Crippen LogP contribution is -2.10. The van der Waals surface area contributed by atoms with Gasteiger partial charge in [0.25, 0.3) is 5.56 Å². The van der Waals surface area contributed by atoms with E-state index >= 15 is 0 Å². The molecule has 84 valence electrons. The van der Waals surface area contributed by atoms with Gasteiger partial charge in [-0.3, -0.25) is 4.79 Å². The highest BCUT2D eigenvalue weighted by atomic mass is 79.9. The molecule has 0 bridgehead atoms. The van der Waals surface area contributed by atoms with Crippen LogP contribution in [0.2, 0.25) is 0 Å². The Morgan fingerprint density at radius 3 is 2.75 bits per heavy atom. The zero-order chi connectivity index (χ0) is 11.9. The molecule has 0 atom stereocenters. The van der Waals surface area contributed by atoms with Crippen LogP contribution in [0.3, 0.4) is 0 Å². The van der Waals surface area contributed by atoms with Crippen molar-refractivity contribution in [2.24, 2.45) is 0 Å². The van der Waals surface area contributed by atoms with Crippen LogP contribution in [0.1, 0.15) is 0 Å². The summed E-state index contributed by atoms with van der Waals surface area (Å²) in [6.07, 6.45) is 2.35. The number of H-pyrrole nitrogens is 1. The second-order valence-corrected chi connectivity index (χ2v) is 5.94. The van der Waals surface area contributed by atoms with E-state index in [1.165, 1.54) is 12.3 Å². The zero-order valence-corrected chi connectivity index (χ0v) is 10.5. The van der Waals surface area contributed by atoms with Crippen LogP contribution in [0.4, 0.5) is 0 Å². The molecule has 0 fully saturated rings. The molecule has 6 nitrogen and oxygen atoms in total. The normalized spacial score (nSPS) is 11.9. The van der Waals surface area contributed by atoms with Gasteiger partial charge in [-0.25, -0.2) is 18.4 Å². The SMILES string of the molecule is CS(=O)(=O)c1ncc2cc(Br)c(=O)[nH]c2n1. The van der Waals surface area contributed by atoms with E-state index < -0.39 is 9.84 Å². The molecule has 0 radical (unpaired) electrons. The Hall–Kier alpha value is -1.28. The van der Waals surface area contributed by atoms with Gasteiger partial charge in [-0.05, 0) is 22.0 Å². The molecule has 2 aromatic heterocycles. The summed E-state index contributed by atoms with van der Waals surface area (Å²) in [7, 11) is -3.47. The van der Waals surface area contributed by atoms with Gasteiger partial charge in [-0.15, -0.1) is 0 Å². The van der Waals surface area contributed by atoms with Gasteiger partial charge in [0.2, 0.25) is 15.0 Å². The fourth-order valence-electron chi connectivity index (χ4n) is 1.13. The number of pyridine rings is 1. The maximum absolute atomic E-state index is 11.3. The zero-order valence-electron chi connectivity index (χ0n) is 8.06. The number of halogens is 1. The van der Waals surface area contributed by atoms with E-state index in [0.717, 1.165) is 6.26 Å². The third-order valence-electron chi connectivity index (χ3n) is 1.86. The fraction of sp³-hybridized carbons (Fsp3) is 0.125. The van der Waals surface area contributed by atoms with Gasteiger partial charge >= 0.3 is 0 Å². The topological polar surface area (TPSA) is 92.8 Å². The second kappa shape index (κ2) is 3.63. The van der Waals surface area contributed by atoms with Crippen LogP contribution in [-0.2, 0) is 9.84 Å². The van der Waals surface area contributed by atoms with Crippen LogP contribution in [0.15, 0.2) is 26.7 Å². The van der Waals surface area contributed by atoms with Crippen molar-refractivity contribution in [3.63, 3.8) is 0 Å². The van der Waals surface area contributed by atoms with Crippen molar-refractivity contribution < 1.29 is 8.42 Å². The van der Waals surface area contributed by atoms with Gasteiger partial charge in [0.05, 0.1) is 4.47 Å². The Bertz CT molecular complexity index is 723. The fourth-order valence-corrected chi connectivity index (χ4v) is 1.98. The molecule has 0 amide bonds. The molecule has 0 aliphatic rings. The Morgan fingerprint density at radius 2 is 2.12 bits per heavy atom. The van der Waals surface area contributed by atoms with Crippen LogP contribution >= 0.6 is 15.9 Å². The van der Waals surface area contributed by atoms with E-state index in [-0.39, 0.29) is 16.4 Å². The summed E-state index contributed by atoms with van der Waals surface area (Å²) in [5, 5.41) is 0.247. The minimum atomic E-state index is -3.47. The number of aromatic amines is 1. The van der Waals surface area contributed by atoms with E-state index in [4.69, 9.17) is 0 Å². The lowest BCUT2D eigenvalue weighted by Gasteiger charge is -2.00. The first kappa shape index (κ1) is 11.2. The molecule has 0 aliphatic heterocycles. The van der Waals surface area contributed by atoms with Gasteiger partial charge in [-0.1, -0.05) is 0 Å². The smallest absolute Gasteiger partial charge is 0.263 e. The lowest BCUT2D eigenvalue weighted by molar-refractivity contribution is 0.593. The Labute approximate surface area is 98.8 Å². The van der Waals surface area contributed by atoms with Crippen LogP contribution < -0.4 is 5.56 Å². The number of rotatable bonds is 1. The summed E-state index contributed by atoms with van der Waals surface area (Å²) in [6.45, 7) is 0. The molecule has 0 aliphatic carbocycles. The summed E-state index contributed by atoms with van der Waals surface area (Å²) in [5.41, 5.74) is -0.172. The van der Waals surface area contributed by atoms with Crippen molar-refractivity contribution in [3.8, 4) is 0 Å². The molecule has 0 aromatic carbocycles. The van der Waals surface area contributed by atoms with Crippen molar-refractivity contribution in [3.05, 3.63) is 27.1 Å². The van der Waals surface area contributed by atoms with Crippen molar-refractivity contribution in [1.82, 2.24) is 15.0 Å². The van der Waals surface area contributed by atoms with E-state index in [2.05, 4.69) is 30.9 Å². The number of hydrogen-bond acceptors (Lipinski definition) is 5. The third kappa shape index (κ3) is 1.98. The molecule has 2 rings (SSSR count).